The van der Waals surface area contributed by atoms with Crippen molar-refractivity contribution in [2.45, 2.75) is 6.92 Å². The number of amides is 1. The third-order valence-electron chi connectivity index (χ3n) is 3.32. The number of benzene rings is 1. The summed E-state index contributed by atoms with van der Waals surface area (Å²) in [6.45, 7) is 4.37. The van der Waals surface area contributed by atoms with Crippen molar-refractivity contribution < 1.29 is 9.53 Å². The van der Waals surface area contributed by atoms with Crippen LogP contribution in [0, 0.1) is 6.92 Å². The molecule has 104 valence electrons. The number of rotatable bonds is 1. The van der Waals surface area contributed by atoms with Gasteiger partial charge in [-0.2, -0.15) is 4.68 Å². The zero-order valence-corrected chi connectivity index (χ0v) is 11.3. The first-order valence-corrected chi connectivity index (χ1v) is 6.60. The Labute approximate surface area is 117 Å². The van der Waals surface area contributed by atoms with E-state index in [4.69, 9.17) is 4.74 Å². The molecular weight excluding hydrogens is 256 g/mol. The van der Waals surface area contributed by atoms with Crippen molar-refractivity contribution in [3.05, 3.63) is 36.0 Å². The van der Waals surface area contributed by atoms with E-state index in [9.17, 15) is 4.79 Å². The van der Waals surface area contributed by atoms with Crippen LogP contribution in [0.3, 0.4) is 0 Å². The molecule has 0 N–H and O–H groups in total. The van der Waals surface area contributed by atoms with E-state index in [1.807, 2.05) is 31.2 Å². The fraction of sp³-hybridized carbons (Fsp3) is 0.357. The van der Waals surface area contributed by atoms with Gasteiger partial charge in [0.1, 0.15) is 5.69 Å². The quantitative estimate of drug-likeness (QED) is 0.790. The van der Waals surface area contributed by atoms with Crippen molar-refractivity contribution in [1.82, 2.24) is 19.9 Å². The molecule has 0 aliphatic carbocycles. The van der Waals surface area contributed by atoms with Gasteiger partial charge in [-0.25, -0.2) is 4.79 Å². The van der Waals surface area contributed by atoms with Gasteiger partial charge in [0.15, 0.2) is 0 Å². The first-order chi connectivity index (χ1) is 9.74. The van der Waals surface area contributed by atoms with Crippen LogP contribution < -0.4 is 0 Å². The molecule has 1 amide bonds. The van der Waals surface area contributed by atoms with E-state index in [1.165, 1.54) is 10.2 Å². The van der Waals surface area contributed by atoms with E-state index in [0.29, 0.717) is 32.0 Å². The van der Waals surface area contributed by atoms with Gasteiger partial charge in [-0.1, -0.05) is 35.0 Å². The number of carbonyl (C=O) groups excluding carboxylic acids is 1. The van der Waals surface area contributed by atoms with Crippen molar-refractivity contribution in [3.8, 4) is 11.3 Å². The van der Waals surface area contributed by atoms with Crippen LogP contribution in [0.1, 0.15) is 5.56 Å². The van der Waals surface area contributed by atoms with E-state index in [-0.39, 0.29) is 6.03 Å². The Bertz CT molecular complexity index is 600. The topological polar surface area (TPSA) is 60.2 Å². The normalized spacial score (nSPS) is 15.3. The van der Waals surface area contributed by atoms with Gasteiger partial charge in [-0.3, -0.25) is 0 Å². The number of carbonyl (C=O) groups is 1. The molecule has 0 radical (unpaired) electrons. The third kappa shape index (κ3) is 2.55. The summed E-state index contributed by atoms with van der Waals surface area (Å²) in [7, 11) is 0. The standard InChI is InChI=1S/C14H16N4O2/c1-11-2-4-12(5-3-11)13-10-18(16-15-13)14(19)17-6-8-20-9-7-17/h2-5,10H,6-9H2,1H3. The van der Waals surface area contributed by atoms with Crippen LogP contribution >= 0.6 is 0 Å². The van der Waals surface area contributed by atoms with Gasteiger partial charge in [0.05, 0.1) is 19.4 Å². The lowest BCUT2D eigenvalue weighted by atomic mass is 10.1. The lowest BCUT2D eigenvalue weighted by molar-refractivity contribution is 0.0527. The van der Waals surface area contributed by atoms with E-state index in [0.717, 1.165) is 5.56 Å². The van der Waals surface area contributed by atoms with Gasteiger partial charge in [-0.15, -0.1) is 5.10 Å². The molecular formula is C14H16N4O2. The van der Waals surface area contributed by atoms with Crippen LogP contribution in [-0.2, 0) is 4.74 Å². The summed E-state index contributed by atoms with van der Waals surface area (Å²) >= 11 is 0. The second-order valence-corrected chi connectivity index (χ2v) is 4.80. The molecule has 1 fully saturated rings. The maximum Gasteiger partial charge on any atom is 0.346 e. The first kappa shape index (κ1) is 12.8. The second-order valence-electron chi connectivity index (χ2n) is 4.80. The molecule has 1 saturated heterocycles. The number of hydrogen-bond donors (Lipinski definition) is 0. The predicted octanol–water partition coefficient (Wildman–Crippen LogP) is 1.55. The van der Waals surface area contributed by atoms with Crippen LogP contribution in [0.5, 0.6) is 0 Å². The lowest BCUT2D eigenvalue weighted by Crippen LogP contribution is -2.43. The highest BCUT2D eigenvalue weighted by atomic mass is 16.5. The maximum atomic E-state index is 12.2. The zero-order valence-electron chi connectivity index (χ0n) is 11.3. The average molecular weight is 272 g/mol. The number of morpholine rings is 1. The minimum Gasteiger partial charge on any atom is -0.378 e. The summed E-state index contributed by atoms with van der Waals surface area (Å²) in [5.41, 5.74) is 2.84. The fourth-order valence-corrected chi connectivity index (χ4v) is 2.11. The van der Waals surface area contributed by atoms with Crippen LogP contribution in [0.4, 0.5) is 4.79 Å². The number of nitrogens with zero attached hydrogens (tertiary/aromatic N) is 4. The van der Waals surface area contributed by atoms with Gasteiger partial charge in [0.25, 0.3) is 0 Å². The van der Waals surface area contributed by atoms with Crippen molar-refractivity contribution in [2.24, 2.45) is 0 Å². The van der Waals surface area contributed by atoms with Gasteiger partial charge < -0.3 is 9.64 Å². The number of aromatic nitrogens is 3. The molecule has 2 heterocycles. The minimum absolute atomic E-state index is 0.154. The van der Waals surface area contributed by atoms with Gasteiger partial charge in [0, 0.05) is 18.7 Å². The summed E-state index contributed by atoms with van der Waals surface area (Å²) in [4.78, 5) is 13.9. The zero-order chi connectivity index (χ0) is 13.9. The van der Waals surface area contributed by atoms with Crippen molar-refractivity contribution >= 4 is 6.03 Å². The van der Waals surface area contributed by atoms with E-state index in [2.05, 4.69) is 10.3 Å². The molecule has 0 unspecified atom stereocenters. The molecule has 0 atom stereocenters. The molecule has 6 heteroatoms. The molecule has 1 aliphatic heterocycles. The number of aryl methyl sites for hydroxylation is 1. The Kier molecular flexibility index (Phi) is 3.47. The maximum absolute atomic E-state index is 12.2. The van der Waals surface area contributed by atoms with E-state index >= 15 is 0 Å². The van der Waals surface area contributed by atoms with Crippen LogP contribution in [-0.4, -0.2) is 52.2 Å². The summed E-state index contributed by atoms with van der Waals surface area (Å²) in [5.74, 6) is 0. The minimum atomic E-state index is -0.154. The van der Waals surface area contributed by atoms with Crippen LogP contribution in [0.15, 0.2) is 30.5 Å². The summed E-state index contributed by atoms with van der Waals surface area (Å²) in [6.07, 6.45) is 1.67. The molecule has 3 rings (SSSR count). The number of hydrogen-bond acceptors (Lipinski definition) is 4. The van der Waals surface area contributed by atoms with Gasteiger partial charge in [0.2, 0.25) is 0 Å². The average Bonchev–Trinajstić information content (AvgIpc) is 2.98. The second kappa shape index (κ2) is 5.42. The monoisotopic (exact) mass is 272 g/mol. The Morgan fingerprint density at radius 3 is 2.60 bits per heavy atom. The van der Waals surface area contributed by atoms with Crippen molar-refractivity contribution in [3.63, 3.8) is 0 Å². The van der Waals surface area contributed by atoms with Crippen molar-refractivity contribution in [1.29, 1.82) is 0 Å². The smallest absolute Gasteiger partial charge is 0.346 e. The first-order valence-electron chi connectivity index (χ1n) is 6.60. The SMILES string of the molecule is Cc1ccc(-c2cn(C(=O)N3CCOCC3)nn2)cc1. The highest BCUT2D eigenvalue weighted by Crippen LogP contribution is 2.16. The Morgan fingerprint density at radius 2 is 1.90 bits per heavy atom. The molecule has 0 spiro atoms. The highest BCUT2D eigenvalue weighted by Gasteiger charge is 2.19. The van der Waals surface area contributed by atoms with Gasteiger partial charge in [-0.05, 0) is 6.92 Å². The Balaban J connectivity index is 1.79. The Morgan fingerprint density at radius 1 is 1.20 bits per heavy atom. The van der Waals surface area contributed by atoms with Crippen LogP contribution in [0.25, 0.3) is 11.3 Å². The molecule has 1 aromatic carbocycles. The predicted molar refractivity (Wildman–Crippen MR) is 73.4 cm³/mol. The van der Waals surface area contributed by atoms with Crippen LogP contribution in [0.2, 0.25) is 0 Å². The summed E-state index contributed by atoms with van der Waals surface area (Å²) in [6, 6.07) is 7.82. The van der Waals surface area contributed by atoms with Crippen molar-refractivity contribution in [2.75, 3.05) is 26.3 Å². The Hall–Kier alpha value is -2.21. The van der Waals surface area contributed by atoms with Gasteiger partial charge >= 0.3 is 6.03 Å². The van der Waals surface area contributed by atoms with E-state index in [1.54, 1.807) is 11.1 Å². The molecule has 1 aliphatic rings. The molecule has 6 nitrogen and oxygen atoms in total. The molecule has 2 aromatic rings. The molecule has 0 saturated carbocycles. The number of ether oxygens (including phenoxy) is 1. The molecule has 20 heavy (non-hydrogen) atoms. The van der Waals surface area contributed by atoms with E-state index < -0.39 is 0 Å². The lowest BCUT2D eigenvalue weighted by Gasteiger charge is -2.25. The molecule has 0 bridgehead atoms. The third-order valence-corrected chi connectivity index (χ3v) is 3.32. The summed E-state index contributed by atoms with van der Waals surface area (Å²) < 4.78 is 6.52. The molecule has 1 aromatic heterocycles. The highest BCUT2D eigenvalue weighted by molar-refractivity contribution is 5.77. The summed E-state index contributed by atoms with van der Waals surface area (Å²) in [5, 5.41) is 7.99. The largest absolute Gasteiger partial charge is 0.378 e. The fourth-order valence-electron chi connectivity index (χ4n) is 2.11.